The number of methoxy groups -OCH3 is 1. The standard InChI is InChI=1S/C33H42FN7O6/c1-32(2,3)46-30(43)38(7)29-27(28(35)42)24(12-9-19-13-25-26(15-23(19)34)40(18-36-25)20-10-11-20)37-41(29)21-14-22(17-45-8)39(16-21)31(44)47-33(4,5)6/h13,15,18,20-22H,10-11,14,16-17H2,1-8H3,(H2,35,42)/t21-,22+/m0/s1. The number of benzene rings is 1. The van der Waals surface area contributed by atoms with Crippen molar-refractivity contribution in [1.82, 2.24) is 24.2 Å². The van der Waals surface area contributed by atoms with E-state index in [-0.39, 0.29) is 35.8 Å². The van der Waals surface area contributed by atoms with Crippen LogP contribution in [0.3, 0.4) is 0 Å². The molecule has 252 valence electrons. The predicted molar refractivity (Wildman–Crippen MR) is 172 cm³/mol. The molecule has 5 rings (SSSR count). The van der Waals surface area contributed by atoms with Crippen molar-refractivity contribution in [3.8, 4) is 11.8 Å². The number of amides is 3. The summed E-state index contributed by atoms with van der Waals surface area (Å²) in [5.74, 6) is 4.19. The molecular weight excluding hydrogens is 609 g/mol. The van der Waals surface area contributed by atoms with Crippen molar-refractivity contribution in [3.63, 3.8) is 0 Å². The van der Waals surface area contributed by atoms with E-state index in [9.17, 15) is 14.4 Å². The van der Waals surface area contributed by atoms with Crippen LogP contribution in [0.1, 0.15) is 94.5 Å². The van der Waals surface area contributed by atoms with Crippen LogP contribution in [0.25, 0.3) is 11.0 Å². The molecule has 0 unspecified atom stereocenters. The minimum absolute atomic E-state index is 0.0300. The molecule has 0 bridgehead atoms. The zero-order valence-corrected chi connectivity index (χ0v) is 28.1. The van der Waals surface area contributed by atoms with Gasteiger partial charge in [0.25, 0.3) is 5.91 Å². The number of hydrogen-bond acceptors (Lipinski definition) is 8. The summed E-state index contributed by atoms with van der Waals surface area (Å²) < 4.78 is 35.4. The van der Waals surface area contributed by atoms with Crippen LogP contribution >= 0.6 is 0 Å². The topological polar surface area (TPSA) is 147 Å². The molecule has 3 aromatic rings. The van der Waals surface area contributed by atoms with Gasteiger partial charge in [0.05, 0.1) is 41.6 Å². The minimum atomic E-state index is -0.902. The van der Waals surface area contributed by atoms with Crippen molar-refractivity contribution >= 4 is 34.9 Å². The van der Waals surface area contributed by atoms with E-state index >= 15 is 4.39 Å². The maximum atomic E-state index is 15.3. The van der Waals surface area contributed by atoms with Crippen LogP contribution in [0.2, 0.25) is 0 Å². The van der Waals surface area contributed by atoms with Gasteiger partial charge in [0.15, 0.2) is 11.5 Å². The van der Waals surface area contributed by atoms with Crippen LogP contribution in [0.15, 0.2) is 18.5 Å². The molecule has 3 heterocycles. The Balaban J connectivity index is 1.59. The third kappa shape index (κ3) is 7.35. The lowest BCUT2D eigenvalue weighted by Gasteiger charge is -2.28. The van der Waals surface area contributed by atoms with Gasteiger partial charge < -0.3 is 29.4 Å². The van der Waals surface area contributed by atoms with Gasteiger partial charge in [0.2, 0.25) is 0 Å². The summed E-state index contributed by atoms with van der Waals surface area (Å²) in [4.78, 5) is 46.7. The molecule has 2 N–H and O–H groups in total. The fourth-order valence-corrected chi connectivity index (χ4v) is 5.61. The number of likely N-dealkylation sites (tertiary alicyclic amines) is 1. The van der Waals surface area contributed by atoms with E-state index in [0.29, 0.717) is 23.5 Å². The molecule has 0 spiro atoms. The highest BCUT2D eigenvalue weighted by Crippen LogP contribution is 2.38. The molecule has 1 aliphatic carbocycles. The van der Waals surface area contributed by atoms with Crippen molar-refractivity contribution in [2.45, 2.75) is 90.1 Å². The highest BCUT2D eigenvalue weighted by molar-refractivity contribution is 6.03. The van der Waals surface area contributed by atoms with Gasteiger partial charge in [-0.25, -0.2) is 23.6 Å². The lowest BCUT2D eigenvalue weighted by atomic mass is 10.1. The van der Waals surface area contributed by atoms with E-state index in [0.717, 1.165) is 17.7 Å². The lowest BCUT2D eigenvalue weighted by molar-refractivity contribution is 0.0145. The highest BCUT2D eigenvalue weighted by Gasteiger charge is 2.42. The summed E-state index contributed by atoms with van der Waals surface area (Å²) in [6, 6.07) is 2.34. The number of carbonyl (C=O) groups excluding carboxylic acids is 3. The first-order valence-corrected chi connectivity index (χ1v) is 15.5. The number of nitrogens with zero attached hydrogens (tertiary/aromatic N) is 6. The van der Waals surface area contributed by atoms with Gasteiger partial charge in [-0.2, -0.15) is 5.10 Å². The summed E-state index contributed by atoms with van der Waals surface area (Å²) in [5, 5.41) is 4.65. The molecule has 0 radical (unpaired) electrons. The highest BCUT2D eigenvalue weighted by atomic mass is 19.1. The Labute approximate surface area is 273 Å². The van der Waals surface area contributed by atoms with Crippen LogP contribution in [0.4, 0.5) is 19.8 Å². The Hall–Kier alpha value is -4.64. The number of rotatable bonds is 6. The number of ether oxygens (including phenoxy) is 3. The zero-order valence-electron chi connectivity index (χ0n) is 28.1. The van der Waals surface area contributed by atoms with E-state index < -0.39 is 47.2 Å². The monoisotopic (exact) mass is 651 g/mol. The second kappa shape index (κ2) is 12.5. The number of fused-ring (bicyclic) bond motifs is 1. The Morgan fingerprint density at radius 3 is 2.34 bits per heavy atom. The molecule has 2 fully saturated rings. The van der Waals surface area contributed by atoms with Crippen molar-refractivity contribution < 1.29 is 33.0 Å². The zero-order chi connectivity index (χ0) is 34.4. The molecule has 14 heteroatoms. The van der Waals surface area contributed by atoms with Gasteiger partial charge in [0.1, 0.15) is 22.6 Å². The summed E-state index contributed by atoms with van der Waals surface area (Å²) in [6.07, 6.45) is 2.79. The molecule has 1 aliphatic heterocycles. The smallest absolute Gasteiger partial charge is 0.415 e. The number of nitrogens with two attached hydrogens (primary N) is 1. The molecule has 1 aromatic carbocycles. The Bertz CT molecular complexity index is 1770. The lowest BCUT2D eigenvalue weighted by Crippen LogP contribution is -2.41. The average Bonchev–Trinajstić information content (AvgIpc) is 3.39. The fourth-order valence-electron chi connectivity index (χ4n) is 5.61. The first-order chi connectivity index (χ1) is 22.0. The fraction of sp³-hybridized carbons (Fsp3) is 0.545. The van der Waals surface area contributed by atoms with Gasteiger partial charge in [-0.3, -0.25) is 9.69 Å². The molecule has 3 amide bonds. The minimum Gasteiger partial charge on any atom is -0.444 e. The van der Waals surface area contributed by atoms with E-state index in [2.05, 4.69) is 21.9 Å². The van der Waals surface area contributed by atoms with Crippen molar-refractivity contribution in [1.29, 1.82) is 0 Å². The third-order valence-corrected chi connectivity index (χ3v) is 7.76. The van der Waals surface area contributed by atoms with E-state index in [1.807, 2.05) is 4.57 Å². The van der Waals surface area contributed by atoms with Gasteiger partial charge in [0, 0.05) is 32.8 Å². The molecular formula is C33H42FN7O6. The second-order valence-electron chi connectivity index (χ2n) is 14.0. The molecule has 47 heavy (non-hydrogen) atoms. The molecule has 1 saturated carbocycles. The molecule has 13 nitrogen and oxygen atoms in total. The number of carbonyl (C=O) groups is 3. The van der Waals surface area contributed by atoms with E-state index in [1.165, 1.54) is 24.9 Å². The first-order valence-electron chi connectivity index (χ1n) is 15.5. The van der Waals surface area contributed by atoms with Crippen molar-refractivity contribution in [2.24, 2.45) is 5.73 Å². The second-order valence-corrected chi connectivity index (χ2v) is 14.0. The normalized spacial score (nSPS) is 18.2. The quantitative estimate of drug-likeness (QED) is 0.375. The Morgan fingerprint density at radius 2 is 1.74 bits per heavy atom. The maximum absolute atomic E-state index is 15.3. The number of primary amides is 1. The van der Waals surface area contributed by atoms with E-state index in [4.69, 9.17) is 19.9 Å². The largest absolute Gasteiger partial charge is 0.444 e. The summed E-state index contributed by atoms with van der Waals surface area (Å²) in [5.41, 5.74) is 5.42. The predicted octanol–water partition coefficient (Wildman–Crippen LogP) is 4.77. The molecule has 1 saturated heterocycles. The number of hydrogen-bond donors (Lipinski definition) is 1. The van der Waals surface area contributed by atoms with Crippen LogP contribution < -0.4 is 10.6 Å². The first kappa shape index (κ1) is 33.7. The average molecular weight is 652 g/mol. The van der Waals surface area contributed by atoms with Crippen LogP contribution in [0, 0.1) is 17.7 Å². The SMILES string of the molecule is COC[C@H]1C[C@H](n2nc(C#Cc3cc4ncn(C5CC5)c4cc3F)c(C(N)=O)c2N(C)C(=O)OC(C)(C)C)CN1C(=O)OC(C)(C)C. The van der Waals surface area contributed by atoms with Crippen LogP contribution in [0.5, 0.6) is 0 Å². The van der Waals surface area contributed by atoms with E-state index in [1.54, 1.807) is 58.8 Å². The number of imidazole rings is 1. The summed E-state index contributed by atoms with van der Waals surface area (Å²) >= 11 is 0. The summed E-state index contributed by atoms with van der Waals surface area (Å²) in [7, 11) is 2.96. The number of halogens is 1. The molecule has 2 aromatic heterocycles. The van der Waals surface area contributed by atoms with Gasteiger partial charge >= 0.3 is 12.2 Å². The van der Waals surface area contributed by atoms with Crippen molar-refractivity contribution in [2.75, 3.05) is 32.2 Å². The maximum Gasteiger partial charge on any atom is 0.415 e. The number of aromatic nitrogens is 4. The van der Waals surface area contributed by atoms with Crippen LogP contribution in [-0.4, -0.2) is 86.9 Å². The van der Waals surface area contributed by atoms with Crippen molar-refractivity contribution in [3.05, 3.63) is 41.1 Å². The Kier molecular flexibility index (Phi) is 8.98. The van der Waals surface area contributed by atoms with Gasteiger partial charge in [-0.1, -0.05) is 5.92 Å². The molecule has 2 aliphatic rings. The number of anilines is 1. The van der Waals surface area contributed by atoms with Crippen LogP contribution in [-0.2, 0) is 14.2 Å². The Morgan fingerprint density at radius 1 is 1.06 bits per heavy atom. The van der Waals surface area contributed by atoms with Gasteiger partial charge in [-0.05, 0) is 72.8 Å². The third-order valence-electron chi connectivity index (χ3n) is 7.76. The summed E-state index contributed by atoms with van der Waals surface area (Å²) in [6.45, 7) is 10.8. The van der Waals surface area contributed by atoms with Gasteiger partial charge in [-0.15, -0.1) is 0 Å². The molecule has 2 atom stereocenters.